The summed E-state index contributed by atoms with van der Waals surface area (Å²) in [5, 5.41) is 4.96. The van der Waals surface area contributed by atoms with Gasteiger partial charge in [-0.25, -0.2) is 9.97 Å². The summed E-state index contributed by atoms with van der Waals surface area (Å²) >= 11 is 2.54. The van der Waals surface area contributed by atoms with Gasteiger partial charge in [-0.2, -0.15) is 0 Å². The molecule has 1 aromatic carbocycles. The van der Waals surface area contributed by atoms with E-state index >= 15 is 0 Å². The monoisotopic (exact) mass is 401 g/mol. The van der Waals surface area contributed by atoms with Crippen molar-refractivity contribution in [2.75, 3.05) is 18.2 Å². The topological polar surface area (TPSA) is 81.2 Å². The van der Waals surface area contributed by atoms with Gasteiger partial charge in [0.2, 0.25) is 5.91 Å². The third-order valence-electron chi connectivity index (χ3n) is 3.92. The van der Waals surface area contributed by atoms with Crippen LogP contribution in [0.2, 0.25) is 0 Å². The average molecular weight is 402 g/mol. The van der Waals surface area contributed by atoms with Gasteiger partial charge in [-0.1, -0.05) is 35.2 Å². The summed E-state index contributed by atoms with van der Waals surface area (Å²) in [5.74, 6) is 0.659. The van der Waals surface area contributed by atoms with Crippen LogP contribution in [0, 0.1) is 13.8 Å². The van der Waals surface area contributed by atoms with Crippen LogP contribution in [-0.2, 0) is 4.79 Å². The summed E-state index contributed by atoms with van der Waals surface area (Å²) in [4.78, 5) is 33.2. The fraction of sp³-hybridized carbons (Fsp3) is 0.263. The SMILES string of the molecule is COc1cccc2c(C)cc(SCC(=O)Nc3nc(C)c(C(C)=O)s3)nc12. The molecule has 3 aromatic rings. The Morgan fingerprint density at radius 2 is 2.04 bits per heavy atom. The number of para-hydroxylation sites is 1. The normalized spacial score (nSPS) is 10.8. The smallest absolute Gasteiger partial charge is 0.236 e. The molecule has 6 nitrogen and oxygen atoms in total. The molecule has 0 radical (unpaired) electrons. The Labute approximate surface area is 165 Å². The molecule has 0 bridgehead atoms. The highest BCUT2D eigenvalue weighted by atomic mass is 32.2. The Kier molecular flexibility index (Phi) is 5.76. The maximum absolute atomic E-state index is 12.2. The second kappa shape index (κ2) is 8.06. The number of thiazole rings is 1. The summed E-state index contributed by atoms with van der Waals surface area (Å²) in [7, 11) is 1.62. The minimum absolute atomic E-state index is 0.0512. The Bertz CT molecular complexity index is 1030. The van der Waals surface area contributed by atoms with Crippen molar-refractivity contribution in [1.29, 1.82) is 0 Å². The molecule has 0 fully saturated rings. The number of benzene rings is 1. The quantitative estimate of drug-likeness (QED) is 0.491. The lowest BCUT2D eigenvalue weighted by atomic mass is 10.1. The molecule has 0 spiro atoms. The van der Waals surface area contributed by atoms with E-state index in [0.717, 1.165) is 21.5 Å². The molecule has 8 heteroatoms. The van der Waals surface area contributed by atoms with E-state index < -0.39 is 0 Å². The number of fused-ring (bicyclic) bond motifs is 1. The zero-order valence-electron chi connectivity index (χ0n) is 15.5. The molecule has 1 N–H and O–H groups in total. The molecule has 1 amide bonds. The van der Waals surface area contributed by atoms with Crippen LogP contribution in [0.4, 0.5) is 5.13 Å². The lowest BCUT2D eigenvalue weighted by molar-refractivity contribution is -0.113. The Hall–Kier alpha value is -2.45. The summed E-state index contributed by atoms with van der Waals surface area (Å²) in [6, 6.07) is 7.76. The van der Waals surface area contributed by atoms with E-state index in [4.69, 9.17) is 4.74 Å². The van der Waals surface area contributed by atoms with Gasteiger partial charge in [0.05, 0.1) is 28.5 Å². The van der Waals surface area contributed by atoms with Gasteiger partial charge >= 0.3 is 0 Å². The van der Waals surface area contributed by atoms with Crippen molar-refractivity contribution in [1.82, 2.24) is 9.97 Å². The standard InChI is InChI=1S/C19H19N3O3S2/c1-10-8-16(22-17-13(10)6-5-7-14(17)25-4)26-9-15(24)21-19-20-11(2)18(27-19)12(3)23/h5-8H,9H2,1-4H3,(H,20,21,24). The zero-order chi connectivity index (χ0) is 19.6. The Morgan fingerprint density at radius 1 is 1.26 bits per heavy atom. The lowest BCUT2D eigenvalue weighted by Gasteiger charge is -2.09. The predicted molar refractivity (Wildman–Crippen MR) is 109 cm³/mol. The third-order valence-corrected chi connectivity index (χ3v) is 6.00. The second-order valence-corrected chi connectivity index (χ2v) is 7.96. The van der Waals surface area contributed by atoms with Crippen LogP contribution in [0.15, 0.2) is 29.3 Å². The lowest BCUT2D eigenvalue weighted by Crippen LogP contribution is -2.14. The van der Waals surface area contributed by atoms with Gasteiger partial charge in [0, 0.05) is 12.3 Å². The Balaban J connectivity index is 1.72. The fourth-order valence-corrected chi connectivity index (χ4v) is 4.32. The number of hydrogen-bond acceptors (Lipinski definition) is 7. The number of ketones is 1. The second-order valence-electron chi connectivity index (χ2n) is 5.96. The summed E-state index contributed by atoms with van der Waals surface area (Å²) in [6.07, 6.45) is 0. The molecule has 0 saturated heterocycles. The highest BCUT2D eigenvalue weighted by molar-refractivity contribution is 7.99. The van der Waals surface area contributed by atoms with E-state index in [-0.39, 0.29) is 17.4 Å². The van der Waals surface area contributed by atoms with E-state index in [2.05, 4.69) is 15.3 Å². The summed E-state index contributed by atoms with van der Waals surface area (Å²) in [5.41, 5.74) is 2.49. The molecule has 140 valence electrons. The number of methoxy groups -OCH3 is 1. The number of pyridine rings is 1. The van der Waals surface area contributed by atoms with Gasteiger partial charge in [-0.3, -0.25) is 9.59 Å². The number of aromatic nitrogens is 2. The fourth-order valence-electron chi connectivity index (χ4n) is 2.67. The van der Waals surface area contributed by atoms with Crippen LogP contribution >= 0.6 is 23.1 Å². The van der Waals surface area contributed by atoms with Gasteiger partial charge in [-0.15, -0.1) is 0 Å². The van der Waals surface area contributed by atoms with Crippen molar-refractivity contribution in [2.45, 2.75) is 25.8 Å². The molecule has 0 aliphatic heterocycles. The van der Waals surface area contributed by atoms with Crippen molar-refractivity contribution in [3.05, 3.63) is 40.4 Å². The molecule has 2 aromatic heterocycles. The maximum Gasteiger partial charge on any atom is 0.236 e. The van der Waals surface area contributed by atoms with Crippen molar-refractivity contribution >= 4 is 50.8 Å². The minimum atomic E-state index is -0.191. The average Bonchev–Trinajstić information content (AvgIpc) is 3.00. The van der Waals surface area contributed by atoms with E-state index in [1.54, 1.807) is 14.0 Å². The van der Waals surface area contributed by atoms with Crippen LogP contribution < -0.4 is 10.1 Å². The van der Waals surface area contributed by atoms with Crippen LogP contribution in [0.3, 0.4) is 0 Å². The Morgan fingerprint density at radius 3 is 2.70 bits per heavy atom. The predicted octanol–water partition coefficient (Wildman–Crippen LogP) is 4.25. The minimum Gasteiger partial charge on any atom is -0.494 e. The number of nitrogens with one attached hydrogen (secondary N) is 1. The van der Waals surface area contributed by atoms with Crippen LogP contribution in [-0.4, -0.2) is 34.5 Å². The third kappa shape index (κ3) is 4.28. The van der Waals surface area contributed by atoms with Gasteiger partial charge in [0.15, 0.2) is 10.9 Å². The highest BCUT2D eigenvalue weighted by Gasteiger charge is 2.14. The molecule has 0 atom stereocenters. The number of hydrogen-bond donors (Lipinski definition) is 1. The van der Waals surface area contributed by atoms with Gasteiger partial charge in [0.1, 0.15) is 11.3 Å². The molecular weight excluding hydrogens is 382 g/mol. The first-order chi connectivity index (χ1) is 12.9. The maximum atomic E-state index is 12.2. The van der Waals surface area contributed by atoms with Crippen molar-refractivity contribution in [3.8, 4) is 5.75 Å². The molecule has 27 heavy (non-hydrogen) atoms. The number of Topliss-reactive ketones (excluding diaryl/α,β-unsaturated/α-hetero) is 1. The van der Waals surface area contributed by atoms with E-state index in [1.165, 1.54) is 30.0 Å². The first-order valence-corrected chi connectivity index (χ1v) is 10.0. The molecule has 0 saturated carbocycles. The molecule has 0 aliphatic rings. The number of nitrogens with zero attached hydrogens (tertiary/aromatic N) is 2. The van der Waals surface area contributed by atoms with Gasteiger partial charge in [-0.05, 0) is 31.5 Å². The van der Waals surface area contributed by atoms with Gasteiger partial charge < -0.3 is 10.1 Å². The molecule has 0 unspecified atom stereocenters. The summed E-state index contributed by atoms with van der Waals surface area (Å²) < 4.78 is 5.39. The number of anilines is 1. The number of ether oxygens (including phenoxy) is 1. The van der Waals surface area contributed by atoms with Crippen molar-refractivity contribution < 1.29 is 14.3 Å². The van der Waals surface area contributed by atoms with Crippen LogP contribution in [0.1, 0.15) is 27.9 Å². The van der Waals surface area contributed by atoms with Crippen LogP contribution in [0.25, 0.3) is 10.9 Å². The first-order valence-electron chi connectivity index (χ1n) is 8.24. The number of thioether (sulfide) groups is 1. The van der Waals surface area contributed by atoms with E-state index in [1.807, 2.05) is 31.2 Å². The molecule has 3 rings (SSSR count). The number of carbonyl (C=O) groups is 2. The van der Waals surface area contributed by atoms with E-state index in [9.17, 15) is 9.59 Å². The first kappa shape index (κ1) is 19.3. The zero-order valence-corrected chi connectivity index (χ0v) is 17.1. The number of aryl methyl sites for hydroxylation is 2. The van der Waals surface area contributed by atoms with Crippen molar-refractivity contribution in [3.63, 3.8) is 0 Å². The van der Waals surface area contributed by atoms with E-state index in [0.29, 0.717) is 21.5 Å². The van der Waals surface area contributed by atoms with Crippen LogP contribution in [0.5, 0.6) is 5.75 Å². The number of carbonyl (C=O) groups excluding carboxylic acids is 2. The molecule has 2 heterocycles. The molecule has 0 aliphatic carbocycles. The van der Waals surface area contributed by atoms with Gasteiger partial charge in [0.25, 0.3) is 0 Å². The number of amides is 1. The summed E-state index contributed by atoms with van der Waals surface area (Å²) in [6.45, 7) is 5.26. The molecular formula is C19H19N3O3S2. The largest absolute Gasteiger partial charge is 0.494 e. The van der Waals surface area contributed by atoms with Crippen molar-refractivity contribution in [2.24, 2.45) is 0 Å². The number of rotatable bonds is 6. The highest BCUT2D eigenvalue weighted by Crippen LogP contribution is 2.30.